The topological polar surface area (TPSA) is 71.3 Å². The van der Waals surface area contributed by atoms with E-state index in [4.69, 9.17) is 16.7 Å². The summed E-state index contributed by atoms with van der Waals surface area (Å²) >= 11 is 6.04. The lowest BCUT2D eigenvalue weighted by Crippen LogP contribution is -2.30. The Morgan fingerprint density at radius 3 is 2.78 bits per heavy atom. The molecule has 0 aliphatic carbocycles. The first-order chi connectivity index (χ1) is 8.50. The third kappa shape index (κ3) is 2.17. The number of nitrogens with one attached hydrogen (secondary N) is 1. The number of hydrogen-bond donors (Lipinski definition) is 2. The maximum Gasteiger partial charge on any atom is 0.322 e. The number of carboxylic acid groups (broad SMARTS) is 1. The summed E-state index contributed by atoms with van der Waals surface area (Å²) in [5.41, 5.74) is 1.20. The van der Waals surface area contributed by atoms with Crippen molar-refractivity contribution in [2.75, 3.05) is 6.54 Å². The minimum Gasteiger partial charge on any atom is -0.480 e. The van der Waals surface area contributed by atoms with Crippen LogP contribution in [0.2, 0.25) is 5.02 Å². The van der Waals surface area contributed by atoms with Gasteiger partial charge in [-0.1, -0.05) is 17.7 Å². The molecule has 2 aromatic rings. The molecule has 2 N–H and O–H groups in total. The summed E-state index contributed by atoms with van der Waals surface area (Å²) in [5.74, 6) is -1.52. The Bertz CT molecular complexity index is 634. The van der Waals surface area contributed by atoms with Gasteiger partial charge in [-0.15, -0.1) is 0 Å². The van der Waals surface area contributed by atoms with Crippen LogP contribution in [0, 0.1) is 0 Å². The van der Waals surface area contributed by atoms with Gasteiger partial charge in [-0.2, -0.15) is 0 Å². The molecule has 0 aliphatic rings. The van der Waals surface area contributed by atoms with Crippen LogP contribution in [0.25, 0.3) is 10.9 Å². The number of rotatable bonds is 3. The molecule has 0 fully saturated rings. The monoisotopic (exact) mass is 266 g/mol. The second kappa shape index (κ2) is 4.70. The fraction of sp³-hybridized carbons (Fsp3) is 0.167. The zero-order valence-corrected chi connectivity index (χ0v) is 10.4. The van der Waals surface area contributed by atoms with Gasteiger partial charge in [0.15, 0.2) is 0 Å². The molecule has 0 aliphatic heterocycles. The van der Waals surface area contributed by atoms with Crippen LogP contribution in [-0.2, 0) is 11.8 Å². The number of halogens is 1. The van der Waals surface area contributed by atoms with Gasteiger partial charge in [0.2, 0.25) is 0 Å². The van der Waals surface area contributed by atoms with Crippen molar-refractivity contribution in [3.8, 4) is 0 Å². The van der Waals surface area contributed by atoms with Crippen LogP contribution in [-0.4, -0.2) is 28.1 Å². The predicted molar refractivity (Wildman–Crippen MR) is 67.9 cm³/mol. The Hall–Kier alpha value is -2.01. The quantitative estimate of drug-likeness (QED) is 0.887. The fourth-order valence-corrected chi connectivity index (χ4v) is 2.01. The van der Waals surface area contributed by atoms with E-state index in [1.165, 1.54) is 0 Å². The first-order valence-corrected chi connectivity index (χ1v) is 5.62. The predicted octanol–water partition coefficient (Wildman–Crippen LogP) is 1.65. The molecule has 1 aromatic heterocycles. The second-order valence-corrected chi connectivity index (χ2v) is 4.24. The van der Waals surface area contributed by atoms with Gasteiger partial charge in [0.1, 0.15) is 12.2 Å². The first-order valence-electron chi connectivity index (χ1n) is 5.24. The SMILES string of the molecule is Cn1c(C(=O)NCC(=O)O)cc2c(Cl)cccc21. The van der Waals surface area contributed by atoms with Gasteiger partial charge in [-0.3, -0.25) is 9.59 Å². The van der Waals surface area contributed by atoms with Gasteiger partial charge in [0.05, 0.1) is 0 Å². The standard InChI is InChI=1S/C12H11ClN2O3/c1-15-9-4-2-3-8(13)7(9)5-10(15)12(18)14-6-11(16)17/h2-5H,6H2,1H3,(H,14,18)(H,16,17). The molecule has 0 spiro atoms. The minimum absolute atomic E-state index is 0.374. The van der Waals surface area contributed by atoms with Crippen molar-refractivity contribution in [1.29, 1.82) is 0 Å². The van der Waals surface area contributed by atoms with Gasteiger partial charge in [-0.05, 0) is 18.2 Å². The van der Waals surface area contributed by atoms with Crippen LogP contribution >= 0.6 is 11.6 Å². The van der Waals surface area contributed by atoms with E-state index in [9.17, 15) is 9.59 Å². The number of carbonyl (C=O) groups is 2. The Morgan fingerprint density at radius 2 is 2.17 bits per heavy atom. The third-order valence-corrected chi connectivity index (χ3v) is 3.00. The van der Waals surface area contributed by atoms with Crippen molar-refractivity contribution in [1.82, 2.24) is 9.88 Å². The zero-order valence-electron chi connectivity index (χ0n) is 9.61. The molecule has 5 nitrogen and oxygen atoms in total. The summed E-state index contributed by atoms with van der Waals surface area (Å²) in [6, 6.07) is 7.02. The molecule has 18 heavy (non-hydrogen) atoms. The van der Waals surface area contributed by atoms with Crippen LogP contribution < -0.4 is 5.32 Å². The first kappa shape index (κ1) is 12.4. The maximum atomic E-state index is 11.8. The van der Waals surface area contributed by atoms with Gasteiger partial charge in [-0.25, -0.2) is 0 Å². The summed E-state index contributed by atoms with van der Waals surface area (Å²) in [6.07, 6.45) is 0. The highest BCUT2D eigenvalue weighted by Crippen LogP contribution is 2.25. The number of aliphatic carboxylic acids is 1. The van der Waals surface area contributed by atoms with Crippen LogP contribution in [0.3, 0.4) is 0 Å². The number of fused-ring (bicyclic) bond motifs is 1. The van der Waals surface area contributed by atoms with Gasteiger partial charge < -0.3 is 15.0 Å². The van der Waals surface area contributed by atoms with E-state index in [-0.39, 0.29) is 0 Å². The molecule has 0 saturated carbocycles. The summed E-state index contributed by atoms with van der Waals surface area (Å²) < 4.78 is 1.68. The fourth-order valence-electron chi connectivity index (χ4n) is 1.79. The van der Waals surface area contributed by atoms with E-state index in [0.29, 0.717) is 10.7 Å². The molecule has 94 valence electrons. The summed E-state index contributed by atoms with van der Waals surface area (Å²) in [5, 5.41) is 12.2. The number of amides is 1. The Balaban J connectivity index is 2.40. The average Bonchev–Trinajstić information content (AvgIpc) is 2.66. The molecule has 0 saturated heterocycles. The third-order valence-electron chi connectivity index (χ3n) is 2.67. The molecule has 0 unspecified atom stereocenters. The minimum atomic E-state index is -1.08. The largest absolute Gasteiger partial charge is 0.480 e. The van der Waals surface area contributed by atoms with E-state index in [1.807, 2.05) is 6.07 Å². The smallest absolute Gasteiger partial charge is 0.322 e. The average molecular weight is 267 g/mol. The number of benzene rings is 1. The van der Waals surface area contributed by atoms with Crippen molar-refractivity contribution in [2.24, 2.45) is 7.05 Å². The van der Waals surface area contributed by atoms with E-state index in [2.05, 4.69) is 5.32 Å². The molecular formula is C12H11ClN2O3. The van der Waals surface area contributed by atoms with E-state index in [1.54, 1.807) is 29.8 Å². The highest BCUT2D eigenvalue weighted by molar-refractivity contribution is 6.35. The maximum absolute atomic E-state index is 11.8. The summed E-state index contributed by atoms with van der Waals surface area (Å²) in [7, 11) is 1.73. The van der Waals surface area contributed by atoms with E-state index in [0.717, 1.165) is 10.9 Å². The van der Waals surface area contributed by atoms with E-state index >= 15 is 0 Å². The van der Waals surface area contributed by atoms with Gasteiger partial charge >= 0.3 is 5.97 Å². The molecule has 1 amide bonds. The number of carbonyl (C=O) groups excluding carboxylic acids is 1. The highest BCUT2D eigenvalue weighted by Gasteiger charge is 2.15. The number of nitrogens with zero attached hydrogens (tertiary/aromatic N) is 1. The van der Waals surface area contributed by atoms with E-state index < -0.39 is 18.4 Å². The number of hydrogen-bond acceptors (Lipinski definition) is 2. The molecule has 0 atom stereocenters. The number of carboxylic acids is 1. The molecule has 2 rings (SSSR count). The Labute approximate surface area is 108 Å². The zero-order chi connectivity index (χ0) is 13.3. The summed E-state index contributed by atoms with van der Waals surface area (Å²) in [6.45, 7) is -0.409. The number of aryl methyl sites for hydroxylation is 1. The van der Waals surface area contributed by atoms with Crippen LogP contribution in [0.15, 0.2) is 24.3 Å². The van der Waals surface area contributed by atoms with Crippen molar-refractivity contribution in [2.45, 2.75) is 0 Å². The van der Waals surface area contributed by atoms with Crippen LogP contribution in [0.1, 0.15) is 10.5 Å². The Kier molecular flexibility index (Phi) is 3.25. The molecule has 0 radical (unpaired) electrons. The lowest BCUT2D eigenvalue weighted by molar-refractivity contribution is -0.135. The lowest BCUT2D eigenvalue weighted by atomic mass is 10.2. The van der Waals surface area contributed by atoms with Crippen LogP contribution in [0.4, 0.5) is 0 Å². The molecule has 6 heteroatoms. The molecular weight excluding hydrogens is 256 g/mol. The molecule has 1 aromatic carbocycles. The number of aromatic nitrogens is 1. The highest BCUT2D eigenvalue weighted by atomic mass is 35.5. The van der Waals surface area contributed by atoms with Crippen molar-refractivity contribution >= 4 is 34.4 Å². The normalized spacial score (nSPS) is 10.6. The van der Waals surface area contributed by atoms with Gasteiger partial charge in [0.25, 0.3) is 5.91 Å². The lowest BCUT2D eigenvalue weighted by Gasteiger charge is -2.04. The van der Waals surface area contributed by atoms with Crippen LogP contribution in [0.5, 0.6) is 0 Å². The van der Waals surface area contributed by atoms with Crippen molar-refractivity contribution in [3.63, 3.8) is 0 Å². The Morgan fingerprint density at radius 1 is 1.44 bits per heavy atom. The second-order valence-electron chi connectivity index (χ2n) is 3.84. The van der Waals surface area contributed by atoms with Crippen molar-refractivity contribution in [3.05, 3.63) is 35.0 Å². The molecule has 0 bridgehead atoms. The van der Waals surface area contributed by atoms with Crippen molar-refractivity contribution < 1.29 is 14.7 Å². The molecule has 1 heterocycles. The van der Waals surface area contributed by atoms with Gasteiger partial charge in [0, 0.05) is 23.0 Å². The summed E-state index contributed by atoms with van der Waals surface area (Å²) in [4.78, 5) is 22.2.